The Bertz CT molecular complexity index is 326. The Kier molecular flexibility index (Phi) is 2.36. The number of hydrogen-bond acceptors (Lipinski definition) is 3. The smallest absolute Gasteiger partial charge is 0.149 e. The molecule has 0 spiro atoms. The summed E-state index contributed by atoms with van der Waals surface area (Å²) in [5.74, 6) is -0.0667. The molecule has 0 aliphatic rings. The van der Waals surface area contributed by atoms with Gasteiger partial charge in [-0.2, -0.15) is 0 Å². The van der Waals surface area contributed by atoms with Gasteiger partial charge in [0.2, 0.25) is 0 Å². The lowest BCUT2D eigenvalue weighted by Gasteiger charge is -2.18. The van der Waals surface area contributed by atoms with Crippen LogP contribution in [0.4, 0.5) is 5.69 Å². The van der Waals surface area contributed by atoms with Gasteiger partial charge in [-0.25, -0.2) is 0 Å². The molecule has 0 radical (unpaired) electrons. The number of phenols is 1. The molecule has 70 valence electrons. The summed E-state index contributed by atoms with van der Waals surface area (Å²) in [5.41, 5.74) is 1.06. The van der Waals surface area contributed by atoms with Crippen molar-refractivity contribution in [2.24, 2.45) is 5.18 Å². The van der Waals surface area contributed by atoms with Crippen LogP contribution in [0.1, 0.15) is 26.3 Å². The highest BCUT2D eigenvalue weighted by Crippen LogP contribution is 2.32. The van der Waals surface area contributed by atoms with Crippen molar-refractivity contribution in [3.63, 3.8) is 0 Å². The molecule has 1 aromatic rings. The van der Waals surface area contributed by atoms with Crippen LogP contribution in [0.15, 0.2) is 23.4 Å². The van der Waals surface area contributed by atoms with Gasteiger partial charge in [-0.1, -0.05) is 26.8 Å². The maximum absolute atomic E-state index is 10.3. The number of nitroso groups, excluding NO2 is 1. The Morgan fingerprint density at radius 3 is 2.38 bits per heavy atom. The van der Waals surface area contributed by atoms with Crippen molar-refractivity contribution in [3.8, 4) is 5.75 Å². The van der Waals surface area contributed by atoms with Crippen molar-refractivity contribution in [1.29, 1.82) is 0 Å². The Labute approximate surface area is 77.4 Å². The number of phenolic OH excluding ortho intramolecular Hbond substituents is 1. The first kappa shape index (κ1) is 9.71. The predicted molar refractivity (Wildman–Crippen MR) is 52.3 cm³/mol. The first-order chi connectivity index (χ1) is 5.95. The van der Waals surface area contributed by atoms with Crippen molar-refractivity contribution in [2.45, 2.75) is 26.2 Å². The molecule has 0 aliphatic carbocycles. The summed E-state index contributed by atoms with van der Waals surface area (Å²) in [4.78, 5) is 10.3. The van der Waals surface area contributed by atoms with E-state index in [1.165, 1.54) is 6.07 Å². The van der Waals surface area contributed by atoms with Crippen LogP contribution in [0.5, 0.6) is 5.75 Å². The first-order valence-corrected chi connectivity index (χ1v) is 4.12. The third-order valence-corrected chi connectivity index (χ3v) is 1.94. The van der Waals surface area contributed by atoms with Crippen molar-refractivity contribution in [3.05, 3.63) is 28.7 Å². The quantitative estimate of drug-likeness (QED) is 0.673. The van der Waals surface area contributed by atoms with Gasteiger partial charge in [0.05, 0.1) is 0 Å². The van der Waals surface area contributed by atoms with Gasteiger partial charge in [-0.05, 0) is 28.3 Å². The molecule has 0 unspecified atom stereocenters. The maximum atomic E-state index is 10.3. The lowest BCUT2D eigenvalue weighted by Crippen LogP contribution is -2.10. The molecule has 1 N–H and O–H groups in total. The average Bonchev–Trinajstić information content (AvgIpc) is 2.03. The van der Waals surface area contributed by atoms with Gasteiger partial charge < -0.3 is 5.11 Å². The van der Waals surface area contributed by atoms with E-state index in [-0.39, 0.29) is 16.9 Å². The zero-order chi connectivity index (χ0) is 10.1. The van der Waals surface area contributed by atoms with Crippen molar-refractivity contribution in [2.75, 3.05) is 0 Å². The molecule has 0 saturated heterocycles. The van der Waals surface area contributed by atoms with Crippen LogP contribution in [0.25, 0.3) is 0 Å². The second kappa shape index (κ2) is 3.17. The van der Waals surface area contributed by atoms with E-state index < -0.39 is 0 Å². The normalized spacial score (nSPS) is 11.3. The molecule has 0 amide bonds. The molecule has 0 atom stereocenters. The molecule has 3 heteroatoms. The molecule has 0 bridgehead atoms. The van der Waals surface area contributed by atoms with Crippen LogP contribution in [0.3, 0.4) is 0 Å². The zero-order valence-electron chi connectivity index (χ0n) is 8.03. The molecule has 1 rings (SSSR count). The van der Waals surface area contributed by atoms with Crippen LogP contribution < -0.4 is 0 Å². The van der Waals surface area contributed by atoms with E-state index >= 15 is 0 Å². The second-order valence-electron chi connectivity index (χ2n) is 4.04. The monoisotopic (exact) mass is 179 g/mol. The number of hydrogen-bond donors (Lipinski definition) is 1. The molecular weight excluding hydrogens is 166 g/mol. The van der Waals surface area contributed by atoms with Gasteiger partial charge >= 0.3 is 0 Å². The van der Waals surface area contributed by atoms with Crippen LogP contribution in [0.2, 0.25) is 0 Å². The fourth-order valence-electron chi connectivity index (χ4n) is 1.06. The van der Waals surface area contributed by atoms with E-state index in [0.717, 1.165) is 5.56 Å². The Morgan fingerprint density at radius 1 is 1.31 bits per heavy atom. The molecule has 0 aliphatic heterocycles. The summed E-state index contributed by atoms with van der Waals surface area (Å²) >= 11 is 0. The highest BCUT2D eigenvalue weighted by Gasteiger charge is 2.15. The van der Waals surface area contributed by atoms with E-state index in [9.17, 15) is 10.0 Å². The number of benzene rings is 1. The van der Waals surface area contributed by atoms with Crippen molar-refractivity contribution >= 4 is 5.69 Å². The fraction of sp³-hybridized carbons (Fsp3) is 0.400. The molecule has 0 heterocycles. The molecule has 1 aromatic carbocycles. The Balaban J connectivity index is 3.21. The van der Waals surface area contributed by atoms with Gasteiger partial charge in [0, 0.05) is 0 Å². The Hall–Kier alpha value is -1.38. The largest absolute Gasteiger partial charge is 0.506 e. The van der Waals surface area contributed by atoms with E-state index in [1.54, 1.807) is 12.1 Å². The molecule has 13 heavy (non-hydrogen) atoms. The summed E-state index contributed by atoms with van der Waals surface area (Å²) in [7, 11) is 0. The minimum absolute atomic E-state index is 0.0346. The van der Waals surface area contributed by atoms with Gasteiger partial charge in [-0.3, -0.25) is 0 Å². The predicted octanol–water partition coefficient (Wildman–Crippen LogP) is 3.09. The highest BCUT2D eigenvalue weighted by atomic mass is 16.3. The number of nitrogens with zero attached hydrogens (tertiary/aromatic N) is 1. The van der Waals surface area contributed by atoms with Crippen molar-refractivity contribution < 1.29 is 5.11 Å². The lowest BCUT2D eigenvalue weighted by atomic mass is 9.87. The minimum Gasteiger partial charge on any atom is -0.506 e. The minimum atomic E-state index is -0.0667. The van der Waals surface area contributed by atoms with E-state index in [2.05, 4.69) is 5.18 Å². The molecule has 3 nitrogen and oxygen atoms in total. The summed E-state index contributed by atoms with van der Waals surface area (Å²) in [6.07, 6.45) is 0. The topological polar surface area (TPSA) is 49.7 Å². The second-order valence-corrected chi connectivity index (χ2v) is 4.04. The summed E-state index contributed by atoms with van der Waals surface area (Å²) in [6.45, 7) is 6.11. The number of rotatable bonds is 1. The van der Waals surface area contributed by atoms with Gasteiger partial charge in [0.25, 0.3) is 0 Å². The molecule has 0 aromatic heterocycles. The highest BCUT2D eigenvalue weighted by molar-refractivity contribution is 5.53. The van der Waals surface area contributed by atoms with Gasteiger partial charge in [-0.15, -0.1) is 4.91 Å². The molecular formula is C10H13NO2. The summed E-state index contributed by atoms with van der Waals surface area (Å²) < 4.78 is 0. The SMILES string of the molecule is CC(C)(C)c1ccc(O)c(N=O)c1. The average molecular weight is 179 g/mol. The fourth-order valence-corrected chi connectivity index (χ4v) is 1.06. The van der Waals surface area contributed by atoms with E-state index in [0.29, 0.717) is 0 Å². The van der Waals surface area contributed by atoms with Gasteiger partial charge in [0.15, 0.2) is 0 Å². The van der Waals surface area contributed by atoms with Crippen LogP contribution >= 0.6 is 0 Å². The summed E-state index contributed by atoms with van der Waals surface area (Å²) in [6, 6.07) is 4.91. The molecule has 0 saturated carbocycles. The lowest BCUT2D eigenvalue weighted by molar-refractivity contribution is 0.475. The van der Waals surface area contributed by atoms with E-state index in [1.807, 2.05) is 20.8 Å². The number of aromatic hydroxyl groups is 1. The van der Waals surface area contributed by atoms with Crippen molar-refractivity contribution in [1.82, 2.24) is 0 Å². The summed E-state index contributed by atoms with van der Waals surface area (Å²) in [5, 5.41) is 12.0. The third-order valence-electron chi connectivity index (χ3n) is 1.94. The third kappa shape index (κ3) is 2.05. The Morgan fingerprint density at radius 2 is 1.92 bits per heavy atom. The van der Waals surface area contributed by atoms with Crippen LogP contribution in [-0.2, 0) is 5.41 Å². The first-order valence-electron chi connectivity index (χ1n) is 4.12. The zero-order valence-corrected chi connectivity index (χ0v) is 8.03. The molecule has 0 fully saturated rings. The standard InChI is InChI=1S/C10H13NO2/c1-10(2,3)7-4-5-9(12)8(6-7)11-13/h4-6,12H,1-3H3. The van der Waals surface area contributed by atoms with Crippen LogP contribution in [-0.4, -0.2) is 5.11 Å². The van der Waals surface area contributed by atoms with E-state index in [4.69, 9.17) is 0 Å². The van der Waals surface area contributed by atoms with Gasteiger partial charge in [0.1, 0.15) is 11.4 Å². The maximum Gasteiger partial charge on any atom is 0.149 e. The van der Waals surface area contributed by atoms with Crippen LogP contribution in [0, 0.1) is 4.91 Å².